The van der Waals surface area contributed by atoms with Crippen LogP contribution in [0.25, 0.3) is 0 Å². The average Bonchev–Trinajstić information content (AvgIpc) is 2.41. The molecule has 0 amide bonds. The summed E-state index contributed by atoms with van der Waals surface area (Å²) in [4.78, 5) is 0.337. The minimum Gasteiger partial charge on any atom is -0.313 e. The van der Waals surface area contributed by atoms with E-state index in [0.717, 1.165) is 24.9 Å². The van der Waals surface area contributed by atoms with Gasteiger partial charge in [0.15, 0.2) is 0 Å². The molecule has 1 rings (SSSR count). The van der Waals surface area contributed by atoms with Crippen molar-refractivity contribution in [1.29, 1.82) is 0 Å². The van der Waals surface area contributed by atoms with E-state index in [0.29, 0.717) is 22.5 Å². The number of halogens is 1. The van der Waals surface area contributed by atoms with Gasteiger partial charge in [0.25, 0.3) is 0 Å². The molecule has 0 unspecified atom stereocenters. The summed E-state index contributed by atoms with van der Waals surface area (Å²) in [5.74, 6) is 0. The van der Waals surface area contributed by atoms with Crippen LogP contribution in [0, 0.1) is 0 Å². The van der Waals surface area contributed by atoms with E-state index >= 15 is 0 Å². The van der Waals surface area contributed by atoms with E-state index in [1.54, 1.807) is 19.2 Å². The number of nitrogens with zero attached hydrogens (tertiary/aromatic N) is 1. The smallest absolute Gasteiger partial charge is 0.243 e. The maximum absolute atomic E-state index is 12.5. The van der Waals surface area contributed by atoms with Gasteiger partial charge in [-0.1, -0.05) is 19.9 Å². The molecule has 0 saturated carbocycles. The van der Waals surface area contributed by atoms with Crippen molar-refractivity contribution >= 4 is 26.0 Å². The van der Waals surface area contributed by atoms with E-state index in [1.807, 2.05) is 13.0 Å². The molecule has 1 aromatic carbocycles. The molecular weight excluding hydrogens is 340 g/mol. The van der Waals surface area contributed by atoms with Crippen LogP contribution in [0.2, 0.25) is 0 Å². The van der Waals surface area contributed by atoms with Crippen LogP contribution in [0.5, 0.6) is 0 Å². The monoisotopic (exact) mass is 362 g/mol. The first kappa shape index (κ1) is 17.6. The van der Waals surface area contributed by atoms with Crippen LogP contribution in [-0.2, 0) is 16.6 Å². The second kappa shape index (κ2) is 8.12. The largest absolute Gasteiger partial charge is 0.313 e. The van der Waals surface area contributed by atoms with Gasteiger partial charge in [-0.2, -0.15) is 0 Å². The third-order valence-corrected chi connectivity index (χ3v) is 5.83. The topological polar surface area (TPSA) is 49.4 Å². The van der Waals surface area contributed by atoms with E-state index in [4.69, 9.17) is 0 Å². The van der Waals surface area contributed by atoms with E-state index in [9.17, 15) is 8.42 Å². The summed E-state index contributed by atoms with van der Waals surface area (Å²) in [6.07, 6.45) is 1.85. The summed E-state index contributed by atoms with van der Waals surface area (Å²) in [6, 6.07) is 5.48. The fraction of sp³-hybridized carbons (Fsp3) is 0.571. The maximum atomic E-state index is 12.5. The summed E-state index contributed by atoms with van der Waals surface area (Å²) >= 11 is 3.34. The molecular formula is C14H23BrN2O2S. The molecule has 1 aromatic rings. The SMILES string of the molecule is CCCNCc1ccc(Br)c(S(=O)(=O)N(C)CCC)c1. The number of rotatable bonds is 8. The molecule has 0 aliphatic rings. The Kier molecular flexibility index (Phi) is 7.15. The van der Waals surface area contributed by atoms with Crippen molar-refractivity contribution in [3.05, 3.63) is 28.2 Å². The van der Waals surface area contributed by atoms with Crippen molar-refractivity contribution in [2.75, 3.05) is 20.1 Å². The van der Waals surface area contributed by atoms with Crippen LogP contribution in [0.15, 0.2) is 27.6 Å². The number of hydrogen-bond donors (Lipinski definition) is 1. The fourth-order valence-electron chi connectivity index (χ4n) is 1.87. The first-order valence-corrected chi connectivity index (χ1v) is 9.12. The molecule has 6 heteroatoms. The number of sulfonamides is 1. The van der Waals surface area contributed by atoms with Crippen molar-refractivity contribution in [1.82, 2.24) is 9.62 Å². The molecule has 1 N–H and O–H groups in total. The van der Waals surface area contributed by atoms with Crippen molar-refractivity contribution in [2.45, 2.75) is 38.1 Å². The molecule has 0 saturated heterocycles. The number of nitrogens with one attached hydrogen (secondary N) is 1. The van der Waals surface area contributed by atoms with Crippen LogP contribution < -0.4 is 5.32 Å². The summed E-state index contributed by atoms with van der Waals surface area (Å²) in [7, 11) is -1.81. The summed E-state index contributed by atoms with van der Waals surface area (Å²) in [5.41, 5.74) is 0.977. The minimum atomic E-state index is -3.43. The van der Waals surface area contributed by atoms with Crippen molar-refractivity contribution in [2.24, 2.45) is 0 Å². The van der Waals surface area contributed by atoms with Crippen LogP contribution in [0.1, 0.15) is 32.3 Å². The number of hydrogen-bond acceptors (Lipinski definition) is 3. The normalized spacial score (nSPS) is 12.1. The Labute approximate surface area is 130 Å². The third-order valence-electron chi connectivity index (χ3n) is 2.98. The van der Waals surface area contributed by atoms with Gasteiger partial charge in [0.2, 0.25) is 10.0 Å². The minimum absolute atomic E-state index is 0.337. The second-order valence-electron chi connectivity index (χ2n) is 4.77. The van der Waals surface area contributed by atoms with Gasteiger partial charge in [-0.25, -0.2) is 12.7 Å². The lowest BCUT2D eigenvalue weighted by Crippen LogP contribution is -2.28. The van der Waals surface area contributed by atoms with Crippen LogP contribution in [-0.4, -0.2) is 32.9 Å². The highest BCUT2D eigenvalue weighted by molar-refractivity contribution is 9.10. The van der Waals surface area contributed by atoms with Crippen LogP contribution in [0.3, 0.4) is 0 Å². The second-order valence-corrected chi connectivity index (χ2v) is 7.64. The van der Waals surface area contributed by atoms with E-state index in [-0.39, 0.29) is 0 Å². The quantitative estimate of drug-likeness (QED) is 0.723. The van der Waals surface area contributed by atoms with Gasteiger partial charge in [-0.15, -0.1) is 0 Å². The molecule has 0 bridgehead atoms. The zero-order chi connectivity index (χ0) is 15.2. The molecule has 0 aromatic heterocycles. The zero-order valence-electron chi connectivity index (χ0n) is 12.3. The van der Waals surface area contributed by atoms with E-state index in [2.05, 4.69) is 28.2 Å². The lowest BCUT2D eigenvalue weighted by atomic mass is 10.2. The molecule has 0 atom stereocenters. The highest BCUT2D eigenvalue weighted by Gasteiger charge is 2.22. The summed E-state index contributed by atoms with van der Waals surface area (Å²) in [6.45, 7) is 6.19. The van der Waals surface area contributed by atoms with E-state index in [1.165, 1.54) is 4.31 Å². The van der Waals surface area contributed by atoms with Gasteiger partial charge in [0, 0.05) is 24.6 Å². The van der Waals surface area contributed by atoms with Crippen molar-refractivity contribution < 1.29 is 8.42 Å². The average molecular weight is 363 g/mol. The fourth-order valence-corrected chi connectivity index (χ4v) is 4.10. The van der Waals surface area contributed by atoms with Gasteiger partial charge >= 0.3 is 0 Å². The van der Waals surface area contributed by atoms with E-state index < -0.39 is 10.0 Å². The molecule has 4 nitrogen and oxygen atoms in total. The first-order valence-electron chi connectivity index (χ1n) is 6.89. The Morgan fingerprint density at radius 3 is 2.55 bits per heavy atom. The third kappa shape index (κ3) is 4.55. The molecule has 0 aliphatic heterocycles. The molecule has 114 valence electrons. The van der Waals surface area contributed by atoms with Crippen molar-refractivity contribution in [3.63, 3.8) is 0 Å². The molecule has 0 fully saturated rings. The Bertz CT molecular complexity index is 532. The summed E-state index contributed by atoms with van der Waals surface area (Å²) < 4.78 is 27.0. The Morgan fingerprint density at radius 1 is 1.25 bits per heavy atom. The van der Waals surface area contributed by atoms with Gasteiger partial charge < -0.3 is 5.32 Å². The molecule has 0 spiro atoms. The summed E-state index contributed by atoms with van der Waals surface area (Å²) in [5, 5.41) is 3.28. The van der Waals surface area contributed by atoms with Crippen molar-refractivity contribution in [3.8, 4) is 0 Å². The molecule has 20 heavy (non-hydrogen) atoms. The zero-order valence-corrected chi connectivity index (χ0v) is 14.7. The lowest BCUT2D eigenvalue weighted by molar-refractivity contribution is 0.468. The molecule has 0 aliphatic carbocycles. The highest BCUT2D eigenvalue weighted by Crippen LogP contribution is 2.25. The van der Waals surface area contributed by atoms with Gasteiger partial charge in [0.1, 0.15) is 0 Å². The maximum Gasteiger partial charge on any atom is 0.243 e. The predicted molar refractivity (Wildman–Crippen MR) is 86.2 cm³/mol. The Hall–Kier alpha value is -0.430. The van der Waals surface area contributed by atoms with Crippen LogP contribution in [0.4, 0.5) is 0 Å². The lowest BCUT2D eigenvalue weighted by Gasteiger charge is -2.18. The van der Waals surface area contributed by atoms with Gasteiger partial charge in [-0.3, -0.25) is 0 Å². The van der Waals surface area contributed by atoms with Crippen LogP contribution >= 0.6 is 15.9 Å². The first-order chi connectivity index (χ1) is 9.43. The number of benzene rings is 1. The molecule has 0 radical (unpaired) electrons. The van der Waals surface area contributed by atoms with Gasteiger partial charge in [0.05, 0.1) is 4.90 Å². The predicted octanol–water partition coefficient (Wildman–Crippen LogP) is 2.98. The Morgan fingerprint density at radius 2 is 1.95 bits per heavy atom. The standard InChI is InChI=1S/C14H23BrN2O2S/c1-4-8-16-11-12-6-7-13(15)14(10-12)20(18,19)17(3)9-5-2/h6-7,10,16H,4-5,8-9,11H2,1-3H3. The molecule has 0 heterocycles. The van der Waals surface area contributed by atoms with Gasteiger partial charge in [-0.05, 0) is 53.0 Å². The highest BCUT2D eigenvalue weighted by atomic mass is 79.9. The Balaban J connectivity index is 3.01.